The van der Waals surface area contributed by atoms with Gasteiger partial charge in [-0.05, 0) is 44.2 Å². The van der Waals surface area contributed by atoms with Crippen molar-refractivity contribution < 1.29 is 18.0 Å². The largest absolute Gasteiger partial charge is 0.417 e. The Bertz CT molecular complexity index is 2200. The minimum absolute atomic E-state index is 0.0448. The summed E-state index contributed by atoms with van der Waals surface area (Å²) in [5.74, 6) is 0.00511. The molecule has 0 N–H and O–H groups in total. The van der Waals surface area contributed by atoms with Crippen LogP contribution in [-0.2, 0) is 17.5 Å². The molecule has 2 aliphatic rings. The summed E-state index contributed by atoms with van der Waals surface area (Å²) in [4.78, 5) is 48.3. The number of anilines is 1. The fraction of sp³-hybridized carbons (Fsp3) is 0.323. The van der Waals surface area contributed by atoms with Crippen molar-refractivity contribution in [2.45, 2.75) is 49.6 Å². The number of hydrogen-bond acceptors (Lipinski definition) is 8. The number of fused-ring (bicyclic) bond motifs is 1. The highest BCUT2D eigenvalue weighted by Gasteiger charge is 2.40. The van der Waals surface area contributed by atoms with Gasteiger partial charge in [-0.15, -0.1) is 28.2 Å². The van der Waals surface area contributed by atoms with Crippen molar-refractivity contribution in [3.63, 3.8) is 0 Å². The van der Waals surface area contributed by atoms with Crippen LogP contribution in [0.3, 0.4) is 0 Å². The predicted molar refractivity (Wildman–Crippen MR) is 177 cm³/mol. The monoisotopic (exact) mass is 701 g/mol. The Morgan fingerprint density at radius 2 is 1.87 bits per heavy atom. The Morgan fingerprint density at radius 1 is 1.13 bits per heavy atom. The smallest absolute Gasteiger partial charge is 0.352 e. The van der Waals surface area contributed by atoms with Crippen molar-refractivity contribution in [3.05, 3.63) is 86.1 Å². The summed E-state index contributed by atoms with van der Waals surface area (Å²) in [5, 5.41) is 6.49. The number of benzene rings is 1. The van der Waals surface area contributed by atoms with Gasteiger partial charge in [0.05, 0.1) is 28.7 Å². The molecule has 6 heterocycles. The van der Waals surface area contributed by atoms with Crippen LogP contribution in [0.2, 0.25) is 5.02 Å². The molecule has 16 heteroatoms. The number of thiophene rings is 1. The van der Waals surface area contributed by atoms with Crippen LogP contribution < -0.4 is 16.3 Å². The molecule has 1 aromatic carbocycles. The molecule has 1 fully saturated rings. The van der Waals surface area contributed by atoms with Crippen LogP contribution in [0.15, 0.2) is 69.0 Å². The zero-order valence-corrected chi connectivity index (χ0v) is 27.5. The first-order valence-corrected chi connectivity index (χ1v) is 16.9. The molecule has 1 saturated heterocycles. The van der Waals surface area contributed by atoms with Gasteiger partial charge in [-0.2, -0.15) is 18.2 Å². The minimum Gasteiger partial charge on any atom is -0.352 e. The van der Waals surface area contributed by atoms with Gasteiger partial charge in [-0.1, -0.05) is 24.2 Å². The molecule has 0 saturated carbocycles. The summed E-state index contributed by atoms with van der Waals surface area (Å²) in [7, 11) is 0. The fourth-order valence-corrected chi connectivity index (χ4v) is 9.19. The van der Waals surface area contributed by atoms with Gasteiger partial charge < -0.3 is 9.80 Å². The van der Waals surface area contributed by atoms with Gasteiger partial charge in [-0.25, -0.2) is 14.3 Å². The molecule has 47 heavy (non-hydrogen) atoms. The molecule has 0 bridgehead atoms. The molecule has 1 amide bonds. The lowest BCUT2D eigenvalue weighted by atomic mass is 10.0. The second kappa shape index (κ2) is 11.6. The summed E-state index contributed by atoms with van der Waals surface area (Å²) < 4.78 is 49.1. The highest BCUT2D eigenvalue weighted by molar-refractivity contribution is 7.99. The van der Waals surface area contributed by atoms with Gasteiger partial charge in [-0.3, -0.25) is 13.8 Å². The maximum Gasteiger partial charge on any atom is 0.417 e. The minimum atomic E-state index is -4.77. The number of amides is 1. The Labute approximate surface area is 278 Å². The molecular formula is C31H27ClF3N7O3S2. The van der Waals surface area contributed by atoms with E-state index in [0.717, 1.165) is 29.2 Å². The van der Waals surface area contributed by atoms with Crippen LogP contribution >= 0.6 is 34.7 Å². The van der Waals surface area contributed by atoms with Crippen LogP contribution in [0.5, 0.6) is 0 Å². The second-order valence-corrected chi connectivity index (χ2v) is 14.0. The average molecular weight is 702 g/mol. The quantitative estimate of drug-likeness (QED) is 0.226. The van der Waals surface area contributed by atoms with Gasteiger partial charge in [0.15, 0.2) is 5.65 Å². The highest BCUT2D eigenvalue weighted by atomic mass is 35.5. The van der Waals surface area contributed by atoms with E-state index in [0.29, 0.717) is 21.1 Å². The van der Waals surface area contributed by atoms with Crippen LogP contribution in [0.1, 0.15) is 25.5 Å². The molecule has 7 rings (SSSR count). The lowest BCUT2D eigenvalue weighted by molar-refractivity contribution is -0.137. The number of piperazine rings is 1. The predicted octanol–water partition coefficient (Wildman–Crippen LogP) is 5.57. The third kappa shape index (κ3) is 5.24. The van der Waals surface area contributed by atoms with Gasteiger partial charge >= 0.3 is 17.6 Å². The molecule has 3 atom stereocenters. The molecule has 0 aliphatic carbocycles. The topological polar surface area (TPSA) is 97.7 Å². The number of carbonyl (C=O) groups excluding carboxylic acids is 1. The van der Waals surface area contributed by atoms with Gasteiger partial charge in [0, 0.05) is 63.2 Å². The summed E-state index contributed by atoms with van der Waals surface area (Å²) in [6.45, 7) is 7.68. The zero-order valence-electron chi connectivity index (χ0n) is 25.1. The van der Waals surface area contributed by atoms with Crippen LogP contribution in [0.25, 0.3) is 27.0 Å². The number of pyridine rings is 1. The SMILES string of the molecule is C=CC(=O)N1[C@H](C)CN(c2nc(=O)n3c4c(c(-c5cc(Cl)cs5)c(C(F)(F)F)cc24)SCC(n2nc4ccccn4c2=O)C3)C[C@@H]1C. The number of alkyl halides is 3. The molecule has 1 unspecified atom stereocenters. The number of halogens is 4. The zero-order chi connectivity index (χ0) is 33.4. The van der Waals surface area contributed by atoms with Crippen molar-refractivity contribution in [1.29, 1.82) is 0 Å². The molecule has 10 nitrogen and oxygen atoms in total. The summed E-state index contributed by atoms with van der Waals surface area (Å²) >= 11 is 8.44. The number of rotatable bonds is 4. The van der Waals surface area contributed by atoms with E-state index in [4.69, 9.17) is 11.6 Å². The average Bonchev–Trinajstić information content (AvgIpc) is 3.53. The third-order valence-electron chi connectivity index (χ3n) is 8.58. The number of aromatic nitrogens is 5. The Morgan fingerprint density at radius 3 is 2.51 bits per heavy atom. The summed E-state index contributed by atoms with van der Waals surface area (Å²) in [5.41, 5.74) is -1.37. The molecule has 4 aromatic heterocycles. The van der Waals surface area contributed by atoms with E-state index in [2.05, 4.69) is 16.7 Å². The Hall–Kier alpha value is -4.08. The fourth-order valence-electron chi connectivity index (χ4n) is 6.66. The number of thioether (sulfide) groups is 1. The standard InChI is InChI=1S/C31H27ClF3N7O3S2/c1-4-24(43)41-16(2)11-38(12-17(41)3)28-20-10-21(31(33,34)35)25(22-9-18(32)14-46-22)27-26(20)40(29(44)36-28)13-19(15-47-27)42-30(45)39-8-6-5-7-23(39)37-42/h4-10,14,16-17,19H,1,11-13,15H2,2-3H3/t16-,17+,19?. The van der Waals surface area contributed by atoms with E-state index in [1.807, 2.05) is 13.8 Å². The molecule has 2 aliphatic heterocycles. The maximum atomic E-state index is 15.0. The second-order valence-electron chi connectivity index (χ2n) is 11.7. The van der Waals surface area contributed by atoms with E-state index >= 15 is 13.2 Å². The van der Waals surface area contributed by atoms with Crippen LogP contribution in [-0.4, -0.2) is 65.5 Å². The molecule has 244 valence electrons. The highest BCUT2D eigenvalue weighted by Crippen LogP contribution is 2.50. The number of nitrogens with zero attached hydrogens (tertiary/aromatic N) is 7. The van der Waals surface area contributed by atoms with Crippen molar-refractivity contribution in [1.82, 2.24) is 28.6 Å². The first-order chi connectivity index (χ1) is 22.4. The first-order valence-electron chi connectivity index (χ1n) is 14.7. The van der Waals surface area contributed by atoms with E-state index in [1.54, 1.807) is 39.6 Å². The molecule has 0 radical (unpaired) electrons. The Balaban J connectivity index is 1.48. The van der Waals surface area contributed by atoms with Crippen molar-refractivity contribution in [2.75, 3.05) is 23.7 Å². The summed E-state index contributed by atoms with van der Waals surface area (Å²) in [6.07, 6.45) is -1.95. The number of carbonyl (C=O) groups is 1. The third-order valence-corrected chi connectivity index (χ3v) is 11.1. The molecular weight excluding hydrogens is 675 g/mol. The van der Waals surface area contributed by atoms with Gasteiger partial charge in [0.2, 0.25) is 5.91 Å². The lowest BCUT2D eigenvalue weighted by Gasteiger charge is -2.44. The molecule has 0 spiro atoms. The number of hydrogen-bond donors (Lipinski definition) is 0. The van der Waals surface area contributed by atoms with Crippen molar-refractivity contribution >= 4 is 63.0 Å². The van der Waals surface area contributed by atoms with E-state index in [-0.39, 0.29) is 65.0 Å². The van der Waals surface area contributed by atoms with E-state index in [9.17, 15) is 14.4 Å². The van der Waals surface area contributed by atoms with Crippen molar-refractivity contribution in [2.24, 2.45) is 0 Å². The van der Waals surface area contributed by atoms with Gasteiger partial charge in [0.25, 0.3) is 0 Å². The molecule has 5 aromatic rings. The maximum absolute atomic E-state index is 15.0. The van der Waals surface area contributed by atoms with E-state index in [1.165, 1.54) is 25.8 Å². The normalized spacial score (nSPS) is 20.2. The van der Waals surface area contributed by atoms with E-state index < -0.39 is 29.2 Å². The van der Waals surface area contributed by atoms with Gasteiger partial charge in [0.1, 0.15) is 5.82 Å². The van der Waals surface area contributed by atoms with Crippen molar-refractivity contribution in [3.8, 4) is 10.4 Å². The Kier molecular flexibility index (Phi) is 7.75. The van der Waals surface area contributed by atoms with Crippen LogP contribution in [0.4, 0.5) is 19.0 Å². The summed E-state index contributed by atoms with van der Waals surface area (Å²) in [6, 6.07) is 6.30. The van der Waals surface area contributed by atoms with Crippen LogP contribution in [0, 0.1) is 0 Å². The lowest BCUT2D eigenvalue weighted by Crippen LogP contribution is -2.58. The first kappa shape index (κ1) is 31.5.